The second kappa shape index (κ2) is 12.4. The summed E-state index contributed by atoms with van der Waals surface area (Å²) < 4.78 is 10.6. The number of nitrogens with zero attached hydrogens (tertiary/aromatic N) is 1. The van der Waals surface area contributed by atoms with Gasteiger partial charge < -0.3 is 9.47 Å². The van der Waals surface area contributed by atoms with Gasteiger partial charge in [-0.3, -0.25) is 19.3 Å². The Morgan fingerprint density at radius 3 is 2.23 bits per heavy atom. The molecule has 7 rings (SSSR count). The lowest BCUT2D eigenvalue weighted by atomic mass is 9.73. The van der Waals surface area contributed by atoms with Gasteiger partial charge in [0.2, 0.25) is 11.8 Å². The van der Waals surface area contributed by atoms with E-state index in [0.717, 1.165) is 12.8 Å². The van der Waals surface area contributed by atoms with Crippen molar-refractivity contribution in [1.29, 1.82) is 0 Å². The highest BCUT2D eigenvalue weighted by Crippen LogP contribution is 2.61. The number of carbonyl (C=O) groups is 5. The lowest BCUT2D eigenvalue weighted by Gasteiger charge is -2.28. The molecule has 0 unspecified atom stereocenters. The number of carbonyl (C=O) groups excluding carboxylic acids is 5. The number of anilines is 1. The Morgan fingerprint density at radius 2 is 1.49 bits per heavy atom. The number of imide groups is 1. The molecule has 2 saturated carbocycles. The minimum Gasteiger partial charge on any atom is -0.454 e. The van der Waals surface area contributed by atoms with Crippen LogP contribution in [0, 0.1) is 23.7 Å². The first-order chi connectivity index (χ1) is 22.7. The van der Waals surface area contributed by atoms with Crippen LogP contribution in [0.1, 0.15) is 55.4 Å². The smallest absolute Gasteiger partial charge is 0.345 e. The minimum absolute atomic E-state index is 0.108. The Kier molecular flexibility index (Phi) is 8.16. The molecule has 2 bridgehead atoms. The van der Waals surface area contributed by atoms with Crippen molar-refractivity contribution in [1.82, 2.24) is 0 Å². The van der Waals surface area contributed by atoms with Crippen LogP contribution in [0.3, 0.4) is 0 Å². The summed E-state index contributed by atoms with van der Waals surface area (Å²) >= 11 is 11.9. The highest BCUT2D eigenvalue weighted by Gasteiger charge is 2.64. The zero-order chi connectivity index (χ0) is 32.8. The van der Waals surface area contributed by atoms with Crippen molar-refractivity contribution in [3.8, 4) is 5.75 Å². The predicted octanol–water partition coefficient (Wildman–Crippen LogP) is 7.18. The van der Waals surface area contributed by atoms with E-state index in [2.05, 4.69) is 12.1 Å². The van der Waals surface area contributed by atoms with Crippen LogP contribution in [-0.4, -0.2) is 36.1 Å². The van der Waals surface area contributed by atoms with Crippen molar-refractivity contribution in [3.05, 3.63) is 129 Å². The summed E-state index contributed by atoms with van der Waals surface area (Å²) in [5, 5.41) is 0.525. The fourth-order valence-corrected chi connectivity index (χ4v) is 7.88. The summed E-state index contributed by atoms with van der Waals surface area (Å²) in [7, 11) is 0. The van der Waals surface area contributed by atoms with Crippen molar-refractivity contribution in [3.63, 3.8) is 0 Å². The number of rotatable bonds is 8. The van der Waals surface area contributed by atoms with Gasteiger partial charge in [0.05, 0.1) is 33.7 Å². The van der Waals surface area contributed by atoms with Gasteiger partial charge in [0.15, 0.2) is 12.4 Å². The van der Waals surface area contributed by atoms with Gasteiger partial charge in [-0.15, -0.1) is 0 Å². The molecule has 0 N–H and O–H groups in total. The first kappa shape index (κ1) is 30.8. The van der Waals surface area contributed by atoms with E-state index in [4.69, 9.17) is 32.7 Å². The number of fused-ring (bicyclic) bond motifs is 5. The average molecular weight is 669 g/mol. The largest absolute Gasteiger partial charge is 0.454 e. The fraction of sp³-hybridized carbons (Fsp3) is 0.216. The molecule has 3 fully saturated rings. The van der Waals surface area contributed by atoms with E-state index in [1.165, 1.54) is 65.1 Å². The van der Waals surface area contributed by atoms with Gasteiger partial charge in [-0.25, -0.2) is 9.59 Å². The van der Waals surface area contributed by atoms with Gasteiger partial charge in [0, 0.05) is 10.6 Å². The van der Waals surface area contributed by atoms with Crippen molar-refractivity contribution in [2.75, 3.05) is 11.5 Å². The molecule has 236 valence electrons. The molecule has 4 aromatic rings. The Hall–Kier alpha value is -4.79. The van der Waals surface area contributed by atoms with Gasteiger partial charge in [-0.05, 0) is 96.8 Å². The molecule has 5 atom stereocenters. The molecule has 1 saturated heterocycles. The Morgan fingerprint density at radius 1 is 0.745 bits per heavy atom. The molecule has 3 aliphatic rings. The molecule has 1 aliphatic heterocycles. The Balaban J connectivity index is 0.977. The molecule has 0 spiro atoms. The van der Waals surface area contributed by atoms with Crippen LogP contribution in [0.15, 0.2) is 97.1 Å². The third-order valence-electron chi connectivity index (χ3n) is 9.46. The van der Waals surface area contributed by atoms with Gasteiger partial charge in [-0.2, -0.15) is 0 Å². The molecular weight excluding hydrogens is 641 g/mol. The van der Waals surface area contributed by atoms with E-state index in [1.54, 1.807) is 12.1 Å². The quantitative estimate of drug-likeness (QED) is 0.0848. The molecule has 2 amide bonds. The number of ether oxygens (including phenoxy) is 2. The highest BCUT2D eigenvalue weighted by molar-refractivity contribution is 6.36. The van der Waals surface area contributed by atoms with Crippen LogP contribution in [0.2, 0.25) is 10.0 Å². The second-order valence-electron chi connectivity index (χ2n) is 12.1. The Labute approximate surface area is 280 Å². The molecule has 0 radical (unpaired) electrons. The lowest BCUT2D eigenvalue weighted by Crippen LogP contribution is -2.33. The van der Waals surface area contributed by atoms with E-state index in [9.17, 15) is 24.0 Å². The van der Waals surface area contributed by atoms with Crippen molar-refractivity contribution in [2.45, 2.75) is 18.8 Å². The number of benzene rings is 4. The van der Waals surface area contributed by atoms with E-state index >= 15 is 0 Å². The average Bonchev–Trinajstić information content (AvgIpc) is 3.75. The topological polar surface area (TPSA) is 107 Å². The number of Topliss-reactive ketones (excluding diaryl/α,β-unsaturated/α-hetero) is 1. The maximum atomic E-state index is 13.7. The number of ketones is 1. The van der Waals surface area contributed by atoms with Crippen molar-refractivity contribution >= 4 is 58.4 Å². The van der Waals surface area contributed by atoms with Crippen molar-refractivity contribution < 1.29 is 33.4 Å². The summed E-state index contributed by atoms with van der Waals surface area (Å²) in [6.45, 7) is -0.543. The number of hydrogen-bond donors (Lipinski definition) is 0. The molecule has 47 heavy (non-hydrogen) atoms. The van der Waals surface area contributed by atoms with Crippen LogP contribution in [0.4, 0.5) is 5.69 Å². The fourth-order valence-electron chi connectivity index (χ4n) is 7.39. The zero-order valence-corrected chi connectivity index (χ0v) is 26.3. The first-order valence-electron chi connectivity index (χ1n) is 15.2. The summed E-state index contributed by atoms with van der Waals surface area (Å²) in [6.07, 6.45) is 1.75. The maximum Gasteiger partial charge on any atom is 0.345 e. The Bertz CT molecular complexity index is 1930. The van der Waals surface area contributed by atoms with Gasteiger partial charge in [0.1, 0.15) is 5.75 Å². The molecule has 4 aromatic carbocycles. The summed E-state index contributed by atoms with van der Waals surface area (Å²) in [5.41, 5.74) is 2.00. The van der Waals surface area contributed by atoms with Crippen LogP contribution >= 0.6 is 23.2 Å². The van der Waals surface area contributed by atoms with E-state index < -0.39 is 24.3 Å². The monoisotopic (exact) mass is 667 g/mol. The van der Waals surface area contributed by atoms with Crippen LogP contribution < -0.4 is 9.64 Å². The minimum atomic E-state index is -0.769. The standard InChI is InChI=1S/C37H27Cl2NO7/c38-24-11-14-27(30(39)18-24)37(45)47-26-12-9-21(10-13-26)31(41)19-46-36(44)22-7-4-8-25(15-22)40-34(42)32-23-16-28(20-5-2-1-3-6-20)29(17-23)33(32)35(40)43/h1-15,18,23,28-29,32-33H,16-17,19H2/t23-,28+,29+,32-,33-/m1/s1. The lowest BCUT2D eigenvalue weighted by molar-refractivity contribution is -0.123. The molecule has 2 aliphatic carbocycles. The van der Waals surface area contributed by atoms with Crippen LogP contribution in [0.5, 0.6) is 5.75 Å². The first-order valence-corrected chi connectivity index (χ1v) is 16.0. The van der Waals surface area contributed by atoms with E-state index in [1.807, 2.05) is 18.2 Å². The summed E-state index contributed by atoms with van der Waals surface area (Å²) in [4.78, 5) is 66.7. The third kappa shape index (κ3) is 5.72. The van der Waals surface area contributed by atoms with E-state index in [0.29, 0.717) is 10.7 Å². The summed E-state index contributed by atoms with van der Waals surface area (Å²) in [6, 6.07) is 26.5. The van der Waals surface area contributed by atoms with Gasteiger partial charge >= 0.3 is 11.9 Å². The van der Waals surface area contributed by atoms with Crippen LogP contribution in [0.25, 0.3) is 0 Å². The third-order valence-corrected chi connectivity index (χ3v) is 10.0. The molecule has 0 aromatic heterocycles. The maximum absolute atomic E-state index is 13.7. The number of amides is 2. The molecular formula is C37H27Cl2NO7. The predicted molar refractivity (Wildman–Crippen MR) is 174 cm³/mol. The van der Waals surface area contributed by atoms with Crippen LogP contribution in [-0.2, 0) is 14.3 Å². The SMILES string of the molecule is O=C(COC(=O)c1cccc(N2C(=O)[C@@H]3[C@H]4C[C@H]([C@H]3C2=O)[C@H](c2ccccc2)C4)c1)c1ccc(OC(=O)c2ccc(Cl)cc2Cl)cc1. The molecule has 8 nitrogen and oxygen atoms in total. The van der Waals surface area contributed by atoms with E-state index in [-0.39, 0.29) is 68.9 Å². The zero-order valence-electron chi connectivity index (χ0n) is 24.8. The number of esters is 2. The summed E-state index contributed by atoms with van der Waals surface area (Å²) in [5.74, 6) is -2.40. The highest BCUT2D eigenvalue weighted by atomic mass is 35.5. The van der Waals surface area contributed by atoms with Gasteiger partial charge in [0.25, 0.3) is 0 Å². The molecule has 1 heterocycles. The van der Waals surface area contributed by atoms with Gasteiger partial charge in [-0.1, -0.05) is 59.6 Å². The second-order valence-corrected chi connectivity index (χ2v) is 12.9. The van der Waals surface area contributed by atoms with Crippen molar-refractivity contribution in [2.24, 2.45) is 23.7 Å². The number of halogens is 2. The normalized spacial score (nSPS) is 22.7. The number of hydrogen-bond acceptors (Lipinski definition) is 7. The molecule has 10 heteroatoms.